The Morgan fingerprint density at radius 3 is 1.88 bits per heavy atom. The molecule has 0 saturated carbocycles. The lowest BCUT2D eigenvalue weighted by atomic mass is 11.0. The van der Waals surface area contributed by atoms with Crippen LogP contribution in [0.25, 0.3) is 0 Å². The lowest BCUT2D eigenvalue weighted by molar-refractivity contribution is 1.75. The van der Waals surface area contributed by atoms with E-state index in [9.17, 15) is 0 Å². The van der Waals surface area contributed by atoms with E-state index >= 15 is 0 Å². The second-order valence-corrected chi connectivity index (χ2v) is 8.44. The third-order valence-corrected chi connectivity index (χ3v) is 4.14. The highest BCUT2D eigenvalue weighted by atomic mass is 35.5. The molecule has 46 valence electrons. The molecule has 0 aliphatic rings. The molecule has 0 aromatic rings. The van der Waals surface area contributed by atoms with E-state index in [1.165, 1.54) is 0 Å². The Hall–Kier alpha value is 0.0269. The van der Waals surface area contributed by atoms with Crippen molar-refractivity contribution in [3.63, 3.8) is 0 Å². The summed E-state index contributed by atoms with van der Waals surface area (Å²) in [6.07, 6.45) is 0. The van der Waals surface area contributed by atoms with Gasteiger partial charge in [0.2, 0.25) is 0 Å². The van der Waals surface area contributed by atoms with Gasteiger partial charge in [-0.25, -0.2) is 0 Å². The standard InChI is InChI=1S/C6H11ClSi/c1-5-6(7)8(2,3)4/h1H2,2-4H3. The fourth-order valence-corrected chi connectivity index (χ4v) is 0.795. The average Bonchev–Trinajstić information content (AvgIpc) is 1.62. The molecule has 0 aliphatic heterocycles. The molecule has 8 heavy (non-hydrogen) atoms. The average molecular weight is 147 g/mol. The van der Waals surface area contributed by atoms with Crippen molar-refractivity contribution in [1.29, 1.82) is 0 Å². The second-order valence-electron chi connectivity index (χ2n) is 2.74. The lowest BCUT2D eigenvalue weighted by Crippen LogP contribution is -2.19. The molecule has 0 nitrogen and oxygen atoms in total. The molecule has 0 aromatic heterocycles. The maximum Gasteiger partial charge on any atom is 0.102 e. The van der Waals surface area contributed by atoms with Crippen molar-refractivity contribution in [2.24, 2.45) is 0 Å². The highest BCUT2D eigenvalue weighted by molar-refractivity contribution is 6.91. The molecule has 0 fully saturated rings. The Kier molecular flexibility index (Phi) is 2.55. The minimum Gasteiger partial charge on any atom is -0.118 e. The molecule has 0 aliphatic carbocycles. The highest BCUT2D eigenvalue weighted by Crippen LogP contribution is 2.15. The van der Waals surface area contributed by atoms with Gasteiger partial charge in [-0.1, -0.05) is 37.8 Å². The number of rotatable bonds is 1. The van der Waals surface area contributed by atoms with Crippen molar-refractivity contribution in [2.45, 2.75) is 19.6 Å². The first-order valence-corrected chi connectivity index (χ1v) is 6.42. The summed E-state index contributed by atoms with van der Waals surface area (Å²) >= 11 is 5.75. The van der Waals surface area contributed by atoms with E-state index in [-0.39, 0.29) is 0 Å². The van der Waals surface area contributed by atoms with E-state index in [4.69, 9.17) is 11.6 Å². The molecule has 0 saturated heterocycles. The van der Waals surface area contributed by atoms with Crippen LogP contribution in [-0.2, 0) is 0 Å². The molecular weight excluding hydrogens is 136 g/mol. The van der Waals surface area contributed by atoms with Crippen LogP contribution in [0.2, 0.25) is 19.6 Å². The quantitative estimate of drug-likeness (QED) is 0.394. The molecule has 0 radical (unpaired) electrons. The molecule has 0 heterocycles. The second kappa shape index (κ2) is 2.54. The summed E-state index contributed by atoms with van der Waals surface area (Å²) in [4.78, 5) is 0. The van der Waals surface area contributed by atoms with E-state index in [2.05, 4.69) is 32.0 Å². The van der Waals surface area contributed by atoms with Gasteiger partial charge in [0.05, 0.1) is 0 Å². The molecule has 0 rings (SSSR count). The Bertz CT molecular complexity index is 126. The normalized spacial score (nSPS) is 10.5. The molecule has 0 N–H and O–H groups in total. The molecule has 2 heteroatoms. The fraction of sp³-hybridized carbons (Fsp3) is 0.500. The van der Waals surface area contributed by atoms with Crippen molar-refractivity contribution < 1.29 is 0 Å². The predicted octanol–water partition coefficient (Wildman–Crippen LogP) is 2.77. The highest BCUT2D eigenvalue weighted by Gasteiger charge is 2.16. The molecule has 0 aromatic carbocycles. The zero-order chi connectivity index (χ0) is 6.78. The van der Waals surface area contributed by atoms with Gasteiger partial charge in [0.15, 0.2) is 0 Å². The minimum absolute atomic E-state index is 0.831. The van der Waals surface area contributed by atoms with Crippen LogP contribution in [0.1, 0.15) is 0 Å². The molecule has 0 amide bonds. The lowest BCUT2D eigenvalue weighted by Gasteiger charge is -2.10. The number of hydrogen-bond acceptors (Lipinski definition) is 0. The maximum absolute atomic E-state index is 5.75. The van der Waals surface area contributed by atoms with Crippen LogP contribution in [0.4, 0.5) is 0 Å². The van der Waals surface area contributed by atoms with Gasteiger partial charge in [-0.3, -0.25) is 0 Å². The Morgan fingerprint density at radius 1 is 1.50 bits per heavy atom. The summed E-state index contributed by atoms with van der Waals surface area (Å²) in [5, 5.41) is 0. The summed E-state index contributed by atoms with van der Waals surface area (Å²) in [5.41, 5.74) is 2.70. The van der Waals surface area contributed by atoms with Crippen LogP contribution in [0.3, 0.4) is 0 Å². The van der Waals surface area contributed by atoms with E-state index in [1.54, 1.807) is 0 Å². The SMILES string of the molecule is C=C=C(Cl)[Si](C)(C)C. The molecule has 0 atom stereocenters. The first kappa shape index (κ1) is 8.03. The first-order valence-electron chi connectivity index (χ1n) is 2.54. The van der Waals surface area contributed by atoms with Crippen molar-refractivity contribution in [3.8, 4) is 0 Å². The Labute approximate surface area is 56.9 Å². The molecule has 0 spiro atoms. The monoisotopic (exact) mass is 146 g/mol. The maximum atomic E-state index is 5.75. The summed E-state index contributed by atoms with van der Waals surface area (Å²) in [7, 11) is -1.25. The summed E-state index contributed by atoms with van der Waals surface area (Å²) in [5.74, 6) is 0. The van der Waals surface area contributed by atoms with Crippen molar-refractivity contribution in [3.05, 3.63) is 17.0 Å². The molecule has 0 unspecified atom stereocenters. The van der Waals surface area contributed by atoms with Gasteiger partial charge in [0, 0.05) is 4.66 Å². The molecule has 0 bridgehead atoms. The fourth-order valence-electron chi connectivity index (χ4n) is 0.265. The van der Waals surface area contributed by atoms with Crippen molar-refractivity contribution >= 4 is 19.7 Å². The van der Waals surface area contributed by atoms with Gasteiger partial charge in [0.1, 0.15) is 8.07 Å². The molecular formula is C6H11ClSi. The number of halogens is 1. The topological polar surface area (TPSA) is 0 Å². The van der Waals surface area contributed by atoms with E-state index in [0.29, 0.717) is 0 Å². The Balaban J connectivity index is 4.26. The summed E-state index contributed by atoms with van der Waals surface area (Å²) in [6, 6.07) is 0. The third kappa shape index (κ3) is 2.36. The zero-order valence-corrected chi connectivity index (χ0v) is 7.34. The zero-order valence-electron chi connectivity index (χ0n) is 5.59. The van der Waals surface area contributed by atoms with E-state index < -0.39 is 8.07 Å². The van der Waals surface area contributed by atoms with Crippen molar-refractivity contribution in [2.75, 3.05) is 0 Å². The van der Waals surface area contributed by atoms with E-state index in [0.717, 1.165) is 4.66 Å². The van der Waals surface area contributed by atoms with Crippen LogP contribution >= 0.6 is 11.6 Å². The van der Waals surface area contributed by atoms with Crippen LogP contribution in [0.15, 0.2) is 17.0 Å². The largest absolute Gasteiger partial charge is 0.118 e. The van der Waals surface area contributed by atoms with Gasteiger partial charge >= 0.3 is 0 Å². The van der Waals surface area contributed by atoms with Crippen LogP contribution < -0.4 is 0 Å². The summed E-state index contributed by atoms with van der Waals surface area (Å²) in [6.45, 7) is 9.95. The van der Waals surface area contributed by atoms with Gasteiger partial charge in [-0.15, -0.1) is 5.73 Å². The van der Waals surface area contributed by atoms with Crippen molar-refractivity contribution in [1.82, 2.24) is 0 Å². The predicted molar refractivity (Wildman–Crippen MR) is 41.9 cm³/mol. The summed E-state index contributed by atoms with van der Waals surface area (Å²) < 4.78 is 0.831. The minimum atomic E-state index is -1.25. The van der Waals surface area contributed by atoms with Gasteiger partial charge < -0.3 is 0 Å². The van der Waals surface area contributed by atoms with Crippen LogP contribution in [-0.4, -0.2) is 8.07 Å². The van der Waals surface area contributed by atoms with Crippen LogP contribution in [0.5, 0.6) is 0 Å². The smallest absolute Gasteiger partial charge is 0.102 e. The van der Waals surface area contributed by atoms with E-state index in [1.807, 2.05) is 0 Å². The first-order chi connectivity index (χ1) is 3.48. The van der Waals surface area contributed by atoms with Gasteiger partial charge in [-0.2, -0.15) is 0 Å². The van der Waals surface area contributed by atoms with Crippen LogP contribution in [0, 0.1) is 0 Å². The van der Waals surface area contributed by atoms with Gasteiger partial charge in [-0.05, 0) is 0 Å². The Morgan fingerprint density at radius 2 is 1.88 bits per heavy atom. The third-order valence-electron chi connectivity index (χ3n) is 0.814. The van der Waals surface area contributed by atoms with Gasteiger partial charge in [0.25, 0.3) is 0 Å². The number of hydrogen-bond donors (Lipinski definition) is 0.